The first-order valence-corrected chi connectivity index (χ1v) is 13.0. The van der Waals surface area contributed by atoms with E-state index >= 15 is 0 Å². The monoisotopic (exact) mass is 476 g/mol. The fourth-order valence-electron chi connectivity index (χ4n) is 6.33. The van der Waals surface area contributed by atoms with E-state index in [1.54, 1.807) is 0 Å². The predicted octanol–water partition coefficient (Wildman–Crippen LogP) is 2.71. The third kappa shape index (κ3) is 3.90. The van der Waals surface area contributed by atoms with Crippen LogP contribution < -0.4 is 20.4 Å². The molecule has 3 fully saturated rings. The average Bonchev–Trinajstić information content (AvgIpc) is 3.25. The van der Waals surface area contributed by atoms with Crippen molar-refractivity contribution in [2.45, 2.75) is 69.5 Å². The largest absolute Gasteiger partial charge is 0.367 e. The zero-order valence-electron chi connectivity index (χ0n) is 21.0. The second-order valence-electron chi connectivity index (χ2n) is 11.3. The summed E-state index contributed by atoms with van der Waals surface area (Å²) in [5, 5.41) is 6.48. The van der Waals surface area contributed by atoms with Crippen LogP contribution in [-0.4, -0.2) is 76.1 Å². The van der Waals surface area contributed by atoms with Gasteiger partial charge in [-0.05, 0) is 45.9 Å². The van der Waals surface area contributed by atoms with Crippen molar-refractivity contribution in [3.63, 3.8) is 0 Å². The van der Waals surface area contributed by atoms with E-state index in [0.29, 0.717) is 18.9 Å². The number of fused-ring (bicyclic) bond motifs is 4. The van der Waals surface area contributed by atoms with Crippen LogP contribution in [0.1, 0.15) is 51.5 Å². The summed E-state index contributed by atoms with van der Waals surface area (Å²) in [6, 6.07) is 3.94. The van der Waals surface area contributed by atoms with Crippen molar-refractivity contribution in [2.75, 3.05) is 48.3 Å². The molecule has 1 atom stereocenters. The SMILES string of the molecule is CN1CCN(c2ccc(Nc3ncc4c(n3)N3C(C4)C(=O)NCC34CCCCC4)nc2)CC1(C)C. The lowest BCUT2D eigenvalue weighted by molar-refractivity contribution is -0.124. The van der Waals surface area contributed by atoms with Crippen molar-refractivity contribution >= 4 is 29.2 Å². The summed E-state index contributed by atoms with van der Waals surface area (Å²) in [6.07, 6.45) is 10.4. The van der Waals surface area contributed by atoms with E-state index < -0.39 is 0 Å². The van der Waals surface area contributed by atoms with Crippen LogP contribution in [0.5, 0.6) is 0 Å². The lowest BCUT2D eigenvalue weighted by atomic mass is 9.78. The highest BCUT2D eigenvalue weighted by atomic mass is 16.2. The zero-order valence-corrected chi connectivity index (χ0v) is 21.0. The number of amides is 1. The number of rotatable bonds is 3. The van der Waals surface area contributed by atoms with Gasteiger partial charge in [-0.2, -0.15) is 4.98 Å². The van der Waals surface area contributed by atoms with E-state index in [1.807, 2.05) is 18.5 Å². The number of piperazine rings is 2. The fraction of sp³-hybridized carbons (Fsp3) is 0.615. The number of hydrogen-bond acceptors (Lipinski definition) is 8. The first-order chi connectivity index (χ1) is 16.8. The summed E-state index contributed by atoms with van der Waals surface area (Å²) in [6.45, 7) is 8.27. The molecule has 4 aliphatic rings. The summed E-state index contributed by atoms with van der Waals surface area (Å²) in [7, 11) is 2.19. The van der Waals surface area contributed by atoms with Crippen molar-refractivity contribution in [1.82, 2.24) is 25.2 Å². The Balaban J connectivity index is 1.22. The Labute approximate surface area is 207 Å². The van der Waals surface area contributed by atoms with Gasteiger partial charge < -0.3 is 20.4 Å². The Kier molecular flexibility index (Phi) is 5.36. The van der Waals surface area contributed by atoms with Gasteiger partial charge in [0.1, 0.15) is 17.7 Å². The molecule has 1 aliphatic carbocycles. The molecule has 1 unspecified atom stereocenters. The molecule has 6 rings (SSSR count). The van der Waals surface area contributed by atoms with Crippen LogP contribution in [0.15, 0.2) is 24.5 Å². The Hall–Kier alpha value is -2.94. The van der Waals surface area contributed by atoms with Gasteiger partial charge in [-0.1, -0.05) is 19.3 Å². The molecule has 1 spiro atoms. The normalized spacial score (nSPS) is 25.2. The molecule has 186 valence electrons. The van der Waals surface area contributed by atoms with Gasteiger partial charge in [0.15, 0.2) is 0 Å². The van der Waals surface area contributed by atoms with E-state index in [-0.39, 0.29) is 23.0 Å². The molecule has 2 N–H and O–H groups in total. The molecule has 2 saturated heterocycles. The topological polar surface area (TPSA) is 89.5 Å². The Bertz CT molecular complexity index is 1110. The molecule has 3 aliphatic heterocycles. The van der Waals surface area contributed by atoms with Gasteiger partial charge in [0, 0.05) is 49.9 Å². The Morgan fingerprint density at radius 2 is 1.91 bits per heavy atom. The molecule has 0 bridgehead atoms. The van der Waals surface area contributed by atoms with Gasteiger partial charge >= 0.3 is 0 Å². The van der Waals surface area contributed by atoms with Crippen molar-refractivity contribution < 1.29 is 4.79 Å². The second kappa shape index (κ2) is 8.33. The van der Waals surface area contributed by atoms with Gasteiger partial charge in [-0.3, -0.25) is 9.69 Å². The van der Waals surface area contributed by atoms with Gasteiger partial charge in [0.05, 0.1) is 17.4 Å². The van der Waals surface area contributed by atoms with Crippen LogP contribution >= 0.6 is 0 Å². The van der Waals surface area contributed by atoms with E-state index in [0.717, 1.165) is 55.4 Å². The average molecular weight is 477 g/mol. The number of hydrogen-bond donors (Lipinski definition) is 2. The number of aromatic nitrogens is 3. The molecule has 0 radical (unpaired) electrons. The summed E-state index contributed by atoms with van der Waals surface area (Å²) in [4.78, 5) is 34.0. The van der Waals surface area contributed by atoms with E-state index in [2.05, 4.69) is 62.3 Å². The maximum absolute atomic E-state index is 12.7. The lowest BCUT2D eigenvalue weighted by Crippen LogP contribution is -2.67. The molecule has 2 aromatic rings. The minimum absolute atomic E-state index is 0.0239. The first-order valence-electron chi connectivity index (χ1n) is 13.0. The minimum atomic E-state index is -0.174. The molecule has 9 heteroatoms. The summed E-state index contributed by atoms with van der Waals surface area (Å²) in [5.41, 5.74) is 2.30. The third-order valence-corrected chi connectivity index (χ3v) is 8.65. The Morgan fingerprint density at radius 1 is 1.09 bits per heavy atom. The highest BCUT2D eigenvalue weighted by Gasteiger charge is 2.51. The molecule has 2 aromatic heterocycles. The van der Waals surface area contributed by atoms with Crippen LogP contribution in [0.3, 0.4) is 0 Å². The van der Waals surface area contributed by atoms with Gasteiger partial charge in [0.25, 0.3) is 0 Å². The smallest absolute Gasteiger partial charge is 0.243 e. The maximum atomic E-state index is 12.7. The van der Waals surface area contributed by atoms with Gasteiger partial charge in [-0.25, -0.2) is 9.97 Å². The quantitative estimate of drug-likeness (QED) is 0.699. The van der Waals surface area contributed by atoms with Crippen LogP contribution in [-0.2, 0) is 11.2 Å². The summed E-state index contributed by atoms with van der Waals surface area (Å²) < 4.78 is 0. The Morgan fingerprint density at radius 3 is 2.66 bits per heavy atom. The van der Waals surface area contributed by atoms with E-state index in [4.69, 9.17) is 4.98 Å². The van der Waals surface area contributed by atoms with Crippen LogP contribution in [0.2, 0.25) is 0 Å². The molecule has 1 amide bonds. The van der Waals surface area contributed by atoms with Crippen molar-refractivity contribution in [3.05, 3.63) is 30.1 Å². The van der Waals surface area contributed by atoms with Crippen LogP contribution in [0.25, 0.3) is 0 Å². The number of nitrogens with one attached hydrogen (secondary N) is 2. The first kappa shape index (κ1) is 22.5. The number of pyridine rings is 1. The molecule has 1 saturated carbocycles. The van der Waals surface area contributed by atoms with Crippen LogP contribution in [0.4, 0.5) is 23.3 Å². The second-order valence-corrected chi connectivity index (χ2v) is 11.3. The highest BCUT2D eigenvalue weighted by molar-refractivity contribution is 5.90. The number of carbonyl (C=O) groups is 1. The fourth-order valence-corrected chi connectivity index (χ4v) is 6.33. The molecule has 9 nitrogen and oxygen atoms in total. The maximum Gasteiger partial charge on any atom is 0.243 e. The minimum Gasteiger partial charge on any atom is -0.367 e. The van der Waals surface area contributed by atoms with Gasteiger partial charge in [-0.15, -0.1) is 0 Å². The number of carbonyl (C=O) groups excluding carboxylic acids is 1. The molecular weight excluding hydrogens is 440 g/mol. The molecule has 35 heavy (non-hydrogen) atoms. The van der Waals surface area contributed by atoms with Crippen LogP contribution in [0, 0.1) is 0 Å². The molecular formula is C26H36N8O. The van der Waals surface area contributed by atoms with E-state index in [1.165, 1.54) is 19.3 Å². The summed E-state index contributed by atoms with van der Waals surface area (Å²) in [5.74, 6) is 2.28. The number of nitrogens with zero attached hydrogens (tertiary/aromatic N) is 6. The third-order valence-electron chi connectivity index (χ3n) is 8.65. The lowest BCUT2D eigenvalue weighted by Gasteiger charge is -2.51. The predicted molar refractivity (Wildman–Crippen MR) is 137 cm³/mol. The number of likely N-dealkylation sites (N-methyl/N-ethyl adjacent to an activating group) is 1. The highest BCUT2D eigenvalue weighted by Crippen LogP contribution is 2.44. The van der Waals surface area contributed by atoms with E-state index in [9.17, 15) is 4.79 Å². The van der Waals surface area contributed by atoms with Crippen molar-refractivity contribution in [3.8, 4) is 0 Å². The van der Waals surface area contributed by atoms with Gasteiger partial charge in [0.2, 0.25) is 11.9 Å². The summed E-state index contributed by atoms with van der Waals surface area (Å²) >= 11 is 0. The zero-order chi connectivity index (χ0) is 24.2. The molecule has 5 heterocycles. The van der Waals surface area contributed by atoms with Crippen molar-refractivity contribution in [2.24, 2.45) is 0 Å². The molecule has 0 aromatic carbocycles. The number of anilines is 4. The standard InChI is InChI=1S/C26H36N8O/c1-25(2)17-33(12-11-32(25)3)19-7-8-21(27-15-19)30-24-28-14-18-13-20-23(35)29-16-26(9-5-4-6-10-26)34(20)22(18)31-24/h7-8,14-15,20H,4-6,9-13,16-17H2,1-3H3,(H,29,35)(H,27,28,30,31). The van der Waals surface area contributed by atoms with Crippen molar-refractivity contribution in [1.29, 1.82) is 0 Å².